The summed E-state index contributed by atoms with van der Waals surface area (Å²) in [6.07, 6.45) is 0.407. The van der Waals surface area contributed by atoms with Gasteiger partial charge in [0.15, 0.2) is 0 Å². The summed E-state index contributed by atoms with van der Waals surface area (Å²) in [5.41, 5.74) is 10.3. The largest absolute Gasteiger partial charge is 0.392 e. The first-order chi connectivity index (χ1) is 8.99. The standard InChI is InChI=1S/C15H30N2O3/c1-9(2)11(8-13(19)10(3)16)12(18)6-7-15(4,5)14(17)20/h9-11,13,19H,6-8,16H2,1-5H3,(H2,17,20)/t10-,11-,13-/m0/s1. The Balaban J connectivity index is 4.63. The smallest absolute Gasteiger partial charge is 0.223 e. The third kappa shape index (κ3) is 6.01. The number of carbonyl (C=O) groups excluding carboxylic acids is 2. The molecule has 5 N–H and O–H groups in total. The van der Waals surface area contributed by atoms with Gasteiger partial charge < -0.3 is 16.6 Å². The fourth-order valence-corrected chi connectivity index (χ4v) is 1.99. The Morgan fingerprint density at radius 2 is 1.70 bits per heavy atom. The number of aliphatic hydroxyl groups is 1. The van der Waals surface area contributed by atoms with Crippen molar-refractivity contribution >= 4 is 11.7 Å². The van der Waals surface area contributed by atoms with Crippen molar-refractivity contribution in [1.82, 2.24) is 0 Å². The lowest BCUT2D eigenvalue weighted by Gasteiger charge is -2.26. The topological polar surface area (TPSA) is 106 Å². The molecule has 20 heavy (non-hydrogen) atoms. The Labute approximate surface area is 122 Å². The minimum Gasteiger partial charge on any atom is -0.392 e. The molecule has 0 aliphatic rings. The number of aliphatic hydroxyl groups excluding tert-OH is 1. The number of ketones is 1. The average Bonchev–Trinajstić information content (AvgIpc) is 2.31. The number of rotatable bonds is 9. The number of primary amides is 1. The fourth-order valence-electron chi connectivity index (χ4n) is 1.99. The molecule has 0 spiro atoms. The van der Waals surface area contributed by atoms with E-state index in [0.717, 1.165) is 0 Å². The molecule has 118 valence electrons. The van der Waals surface area contributed by atoms with E-state index in [0.29, 0.717) is 19.3 Å². The SMILES string of the molecule is CC(C)[C@H](C[C@H](O)[C@H](C)N)C(=O)CCC(C)(C)C(N)=O. The van der Waals surface area contributed by atoms with Crippen LogP contribution in [0.5, 0.6) is 0 Å². The Hall–Kier alpha value is -0.940. The van der Waals surface area contributed by atoms with Gasteiger partial charge in [-0.05, 0) is 25.7 Å². The van der Waals surface area contributed by atoms with Crippen LogP contribution in [0.15, 0.2) is 0 Å². The molecular formula is C15H30N2O3. The van der Waals surface area contributed by atoms with E-state index >= 15 is 0 Å². The van der Waals surface area contributed by atoms with Gasteiger partial charge in [-0.15, -0.1) is 0 Å². The van der Waals surface area contributed by atoms with Gasteiger partial charge in [-0.1, -0.05) is 27.7 Å². The molecule has 0 radical (unpaired) electrons. The summed E-state index contributed by atoms with van der Waals surface area (Å²) in [7, 11) is 0. The van der Waals surface area contributed by atoms with Crippen LogP contribution in [0.2, 0.25) is 0 Å². The summed E-state index contributed by atoms with van der Waals surface area (Å²) in [6, 6.07) is -0.355. The maximum absolute atomic E-state index is 12.3. The zero-order chi connectivity index (χ0) is 16.1. The van der Waals surface area contributed by atoms with Gasteiger partial charge in [-0.2, -0.15) is 0 Å². The van der Waals surface area contributed by atoms with E-state index in [-0.39, 0.29) is 23.7 Å². The highest BCUT2D eigenvalue weighted by Gasteiger charge is 2.30. The first kappa shape index (κ1) is 19.1. The van der Waals surface area contributed by atoms with Crippen LogP contribution in [0.1, 0.15) is 53.9 Å². The summed E-state index contributed by atoms with van der Waals surface area (Å²) in [5.74, 6) is -0.441. The molecule has 0 aromatic heterocycles. The molecule has 0 saturated heterocycles. The van der Waals surface area contributed by atoms with Crippen LogP contribution in [0.25, 0.3) is 0 Å². The van der Waals surface area contributed by atoms with Crippen LogP contribution < -0.4 is 11.5 Å². The fraction of sp³-hybridized carbons (Fsp3) is 0.867. The minimum absolute atomic E-state index is 0.0639. The number of carbonyl (C=O) groups is 2. The van der Waals surface area contributed by atoms with Crippen LogP contribution in [0.3, 0.4) is 0 Å². The van der Waals surface area contributed by atoms with Gasteiger partial charge >= 0.3 is 0 Å². The van der Waals surface area contributed by atoms with E-state index in [1.54, 1.807) is 20.8 Å². The monoisotopic (exact) mass is 286 g/mol. The Morgan fingerprint density at radius 1 is 1.20 bits per heavy atom. The van der Waals surface area contributed by atoms with Gasteiger partial charge in [0.25, 0.3) is 0 Å². The second-order valence-electron chi connectivity index (χ2n) is 6.73. The molecule has 0 aliphatic carbocycles. The molecule has 5 heteroatoms. The summed E-state index contributed by atoms with van der Waals surface area (Å²) < 4.78 is 0. The normalized spacial score (nSPS) is 16.8. The quantitative estimate of drug-likeness (QED) is 0.592. The van der Waals surface area contributed by atoms with Crippen molar-refractivity contribution in [1.29, 1.82) is 0 Å². The lowest BCUT2D eigenvalue weighted by molar-refractivity contribution is -0.128. The van der Waals surface area contributed by atoms with Gasteiger partial charge in [-0.3, -0.25) is 9.59 Å². The highest BCUT2D eigenvalue weighted by Crippen LogP contribution is 2.26. The van der Waals surface area contributed by atoms with E-state index in [9.17, 15) is 14.7 Å². The Bertz CT molecular complexity index is 338. The van der Waals surface area contributed by atoms with Gasteiger partial charge in [0, 0.05) is 23.8 Å². The number of nitrogens with two attached hydrogens (primary N) is 2. The van der Waals surface area contributed by atoms with Crippen molar-refractivity contribution in [2.45, 2.75) is 66.0 Å². The molecule has 0 bridgehead atoms. The van der Waals surface area contributed by atoms with E-state index in [4.69, 9.17) is 11.5 Å². The van der Waals surface area contributed by atoms with Crippen molar-refractivity contribution in [3.63, 3.8) is 0 Å². The first-order valence-electron chi connectivity index (χ1n) is 7.25. The van der Waals surface area contributed by atoms with Crippen LogP contribution in [-0.2, 0) is 9.59 Å². The predicted octanol–water partition coefficient (Wildman–Crippen LogP) is 1.22. The van der Waals surface area contributed by atoms with Crippen LogP contribution >= 0.6 is 0 Å². The molecule has 0 saturated carbocycles. The maximum atomic E-state index is 12.3. The number of hydrogen-bond donors (Lipinski definition) is 3. The lowest BCUT2D eigenvalue weighted by Crippen LogP contribution is -2.37. The van der Waals surface area contributed by atoms with Crippen molar-refractivity contribution in [2.24, 2.45) is 28.7 Å². The second-order valence-corrected chi connectivity index (χ2v) is 6.73. The van der Waals surface area contributed by atoms with Crippen molar-refractivity contribution in [3.05, 3.63) is 0 Å². The zero-order valence-electron chi connectivity index (χ0n) is 13.3. The zero-order valence-corrected chi connectivity index (χ0v) is 13.3. The van der Waals surface area contributed by atoms with Crippen LogP contribution in [-0.4, -0.2) is 28.9 Å². The second kappa shape index (κ2) is 7.74. The molecule has 5 nitrogen and oxygen atoms in total. The summed E-state index contributed by atoms with van der Waals surface area (Å²) >= 11 is 0. The molecule has 0 heterocycles. The summed E-state index contributed by atoms with van der Waals surface area (Å²) in [4.78, 5) is 23.6. The van der Waals surface area contributed by atoms with Gasteiger partial charge in [0.1, 0.15) is 5.78 Å². The van der Waals surface area contributed by atoms with Crippen LogP contribution in [0, 0.1) is 17.3 Å². The molecule has 0 rings (SSSR count). The first-order valence-corrected chi connectivity index (χ1v) is 7.25. The summed E-state index contributed by atoms with van der Waals surface area (Å²) in [6.45, 7) is 9.11. The van der Waals surface area contributed by atoms with Gasteiger partial charge in [0.2, 0.25) is 5.91 Å². The Morgan fingerprint density at radius 3 is 2.05 bits per heavy atom. The van der Waals surface area contributed by atoms with Gasteiger partial charge in [-0.25, -0.2) is 0 Å². The Kier molecular flexibility index (Phi) is 7.38. The van der Waals surface area contributed by atoms with Crippen molar-refractivity contribution in [2.75, 3.05) is 0 Å². The van der Waals surface area contributed by atoms with Crippen molar-refractivity contribution < 1.29 is 14.7 Å². The van der Waals surface area contributed by atoms with E-state index in [1.807, 2.05) is 13.8 Å². The number of hydrogen-bond acceptors (Lipinski definition) is 4. The van der Waals surface area contributed by atoms with Crippen LogP contribution in [0.4, 0.5) is 0 Å². The highest BCUT2D eigenvalue weighted by atomic mass is 16.3. The van der Waals surface area contributed by atoms with Gasteiger partial charge in [0.05, 0.1) is 6.10 Å². The average molecular weight is 286 g/mol. The molecular weight excluding hydrogens is 256 g/mol. The third-order valence-corrected chi connectivity index (χ3v) is 3.98. The molecule has 1 amide bonds. The van der Waals surface area contributed by atoms with E-state index in [1.165, 1.54) is 0 Å². The number of amides is 1. The van der Waals surface area contributed by atoms with E-state index < -0.39 is 17.4 Å². The maximum Gasteiger partial charge on any atom is 0.223 e. The highest BCUT2D eigenvalue weighted by molar-refractivity contribution is 5.84. The molecule has 3 atom stereocenters. The molecule has 0 unspecified atom stereocenters. The predicted molar refractivity (Wildman–Crippen MR) is 79.8 cm³/mol. The summed E-state index contributed by atoms with van der Waals surface area (Å²) in [5, 5.41) is 9.86. The lowest BCUT2D eigenvalue weighted by atomic mass is 9.80. The van der Waals surface area contributed by atoms with E-state index in [2.05, 4.69) is 0 Å². The molecule has 0 aromatic rings. The molecule has 0 fully saturated rings. The molecule has 0 aliphatic heterocycles. The minimum atomic E-state index is -0.685. The number of Topliss-reactive ketones (excluding diaryl/α,β-unsaturated/α-hetero) is 1. The third-order valence-electron chi connectivity index (χ3n) is 3.98. The molecule has 0 aromatic carbocycles. The van der Waals surface area contributed by atoms with Crippen molar-refractivity contribution in [3.8, 4) is 0 Å².